The lowest BCUT2D eigenvalue weighted by Crippen LogP contribution is -2.13. The van der Waals surface area contributed by atoms with Crippen LogP contribution in [0.3, 0.4) is 0 Å². The zero-order valence-corrected chi connectivity index (χ0v) is 8.32. The first-order valence-electron chi connectivity index (χ1n) is 4.20. The summed E-state index contributed by atoms with van der Waals surface area (Å²) in [6.07, 6.45) is 1.67. The van der Waals surface area contributed by atoms with Crippen LogP contribution in [0.4, 0.5) is 5.82 Å². The Labute approximate surface area is 90.5 Å². The van der Waals surface area contributed by atoms with Crippen LogP contribution in [0.15, 0.2) is 30.5 Å². The van der Waals surface area contributed by atoms with Crippen LogP contribution in [0.1, 0.15) is 10.5 Å². The van der Waals surface area contributed by atoms with Crippen molar-refractivity contribution in [3.05, 3.63) is 41.3 Å². The van der Waals surface area contributed by atoms with Crippen molar-refractivity contribution >= 4 is 23.3 Å². The summed E-state index contributed by atoms with van der Waals surface area (Å²) in [5, 5.41) is 10.2. The normalized spacial score (nSPS) is 9.93. The second-order valence-corrected chi connectivity index (χ2v) is 3.17. The van der Waals surface area contributed by atoms with Gasteiger partial charge in [0.2, 0.25) is 0 Å². The predicted octanol–water partition coefficient (Wildman–Crippen LogP) is 1.71. The molecule has 0 saturated heterocycles. The Balaban J connectivity index is 2.09. The summed E-state index contributed by atoms with van der Waals surface area (Å²) in [5.41, 5.74) is 0.465. The fraction of sp³-hybridized carbons (Fsp3) is 0. The van der Waals surface area contributed by atoms with Crippen molar-refractivity contribution in [3.8, 4) is 0 Å². The van der Waals surface area contributed by atoms with Crippen molar-refractivity contribution in [2.75, 3.05) is 5.32 Å². The third-order valence-corrected chi connectivity index (χ3v) is 1.92. The fourth-order valence-corrected chi connectivity index (χ4v) is 1.14. The number of aromatic amines is 1. The molecule has 0 spiro atoms. The number of hydrogen-bond donors (Lipinski definition) is 2. The van der Waals surface area contributed by atoms with Crippen LogP contribution in [0.25, 0.3) is 0 Å². The summed E-state index contributed by atoms with van der Waals surface area (Å²) in [5.74, 6) is 0.0932. The van der Waals surface area contributed by atoms with Crippen LogP contribution in [0.2, 0.25) is 5.15 Å². The molecule has 2 aromatic heterocycles. The number of halogens is 1. The average molecular weight is 223 g/mol. The van der Waals surface area contributed by atoms with E-state index in [2.05, 4.69) is 20.5 Å². The molecule has 2 heterocycles. The Hall–Kier alpha value is -1.88. The first-order valence-corrected chi connectivity index (χ1v) is 4.57. The molecule has 0 aliphatic carbocycles. The Morgan fingerprint density at radius 1 is 1.33 bits per heavy atom. The maximum atomic E-state index is 11.5. The summed E-state index contributed by atoms with van der Waals surface area (Å²) < 4.78 is 0. The van der Waals surface area contributed by atoms with E-state index in [-0.39, 0.29) is 11.1 Å². The number of H-pyrrole nitrogens is 1. The lowest BCUT2D eigenvalue weighted by atomic mass is 10.4. The summed E-state index contributed by atoms with van der Waals surface area (Å²) in [6.45, 7) is 0. The van der Waals surface area contributed by atoms with Crippen molar-refractivity contribution in [3.63, 3.8) is 0 Å². The molecule has 0 aromatic carbocycles. The molecule has 0 unspecified atom stereocenters. The van der Waals surface area contributed by atoms with E-state index >= 15 is 0 Å². The quantitative estimate of drug-likeness (QED) is 0.813. The number of amides is 1. The fourth-order valence-electron chi connectivity index (χ4n) is 1.04. The molecule has 0 radical (unpaired) electrons. The van der Waals surface area contributed by atoms with Crippen LogP contribution in [-0.2, 0) is 0 Å². The first kappa shape index (κ1) is 9.67. The lowest BCUT2D eigenvalue weighted by Gasteiger charge is -2.00. The van der Waals surface area contributed by atoms with E-state index in [1.54, 1.807) is 30.5 Å². The number of nitrogens with one attached hydrogen (secondary N) is 2. The van der Waals surface area contributed by atoms with Gasteiger partial charge in [-0.15, -0.1) is 10.2 Å². The van der Waals surface area contributed by atoms with Gasteiger partial charge in [0, 0.05) is 6.20 Å². The van der Waals surface area contributed by atoms with Crippen LogP contribution in [0.5, 0.6) is 0 Å². The van der Waals surface area contributed by atoms with E-state index in [0.717, 1.165) is 0 Å². The van der Waals surface area contributed by atoms with Gasteiger partial charge in [-0.25, -0.2) is 0 Å². The Kier molecular flexibility index (Phi) is 2.64. The van der Waals surface area contributed by atoms with E-state index in [1.165, 1.54) is 0 Å². The second-order valence-electron chi connectivity index (χ2n) is 2.78. The minimum atomic E-state index is -0.267. The van der Waals surface area contributed by atoms with Crippen molar-refractivity contribution < 1.29 is 4.79 Å². The highest BCUT2D eigenvalue weighted by Crippen LogP contribution is 2.07. The molecule has 0 aliphatic heterocycles. The molecule has 6 heteroatoms. The van der Waals surface area contributed by atoms with E-state index in [4.69, 9.17) is 11.6 Å². The van der Waals surface area contributed by atoms with Gasteiger partial charge < -0.3 is 10.3 Å². The van der Waals surface area contributed by atoms with E-state index in [1.807, 2.05) is 0 Å². The molecule has 76 valence electrons. The molecule has 0 bridgehead atoms. The maximum absolute atomic E-state index is 11.5. The van der Waals surface area contributed by atoms with E-state index in [9.17, 15) is 4.79 Å². The van der Waals surface area contributed by atoms with Gasteiger partial charge in [0.1, 0.15) is 5.69 Å². The zero-order valence-electron chi connectivity index (χ0n) is 7.57. The highest BCUT2D eigenvalue weighted by Gasteiger charge is 2.06. The van der Waals surface area contributed by atoms with Crippen LogP contribution < -0.4 is 5.32 Å². The lowest BCUT2D eigenvalue weighted by molar-refractivity contribution is 0.102. The van der Waals surface area contributed by atoms with Gasteiger partial charge in [-0.1, -0.05) is 11.6 Å². The number of carbonyl (C=O) groups is 1. The third kappa shape index (κ3) is 2.32. The molecule has 2 rings (SSSR count). The molecule has 5 nitrogen and oxygen atoms in total. The standard InChI is InChI=1S/C9H7ClN4O/c10-7-3-4-8(14-13-7)12-9(15)6-2-1-5-11-6/h1-5,11H,(H,12,14,15). The van der Waals surface area contributed by atoms with Gasteiger partial charge in [0.05, 0.1) is 0 Å². The second kappa shape index (κ2) is 4.10. The number of rotatable bonds is 2. The number of anilines is 1. The summed E-state index contributed by atoms with van der Waals surface area (Å²) in [6, 6.07) is 6.54. The summed E-state index contributed by atoms with van der Waals surface area (Å²) >= 11 is 5.56. The molecular weight excluding hydrogens is 216 g/mol. The van der Waals surface area contributed by atoms with Crippen molar-refractivity contribution in [2.24, 2.45) is 0 Å². The first-order chi connectivity index (χ1) is 7.25. The van der Waals surface area contributed by atoms with Gasteiger partial charge in [0.25, 0.3) is 5.91 Å². The van der Waals surface area contributed by atoms with Gasteiger partial charge in [-0.2, -0.15) is 0 Å². The minimum Gasteiger partial charge on any atom is -0.357 e. The number of aromatic nitrogens is 3. The van der Waals surface area contributed by atoms with Gasteiger partial charge in [-0.3, -0.25) is 4.79 Å². The van der Waals surface area contributed by atoms with Crippen LogP contribution >= 0.6 is 11.6 Å². The predicted molar refractivity (Wildman–Crippen MR) is 55.8 cm³/mol. The SMILES string of the molecule is O=C(Nc1ccc(Cl)nn1)c1ccc[nH]1. The van der Waals surface area contributed by atoms with Crippen LogP contribution in [-0.4, -0.2) is 21.1 Å². The van der Waals surface area contributed by atoms with Crippen molar-refractivity contribution in [2.45, 2.75) is 0 Å². The summed E-state index contributed by atoms with van der Waals surface area (Å²) in [7, 11) is 0. The van der Waals surface area contributed by atoms with Crippen molar-refractivity contribution in [1.82, 2.24) is 15.2 Å². The molecule has 2 N–H and O–H groups in total. The smallest absolute Gasteiger partial charge is 0.273 e. The third-order valence-electron chi connectivity index (χ3n) is 1.72. The molecule has 2 aromatic rings. The van der Waals surface area contributed by atoms with Gasteiger partial charge in [0.15, 0.2) is 11.0 Å². The number of hydrogen-bond acceptors (Lipinski definition) is 3. The average Bonchev–Trinajstić information content (AvgIpc) is 2.74. The Bertz CT molecular complexity index is 451. The summed E-state index contributed by atoms with van der Waals surface area (Å²) in [4.78, 5) is 14.3. The monoisotopic (exact) mass is 222 g/mol. The molecule has 1 amide bonds. The molecule has 15 heavy (non-hydrogen) atoms. The number of nitrogens with zero attached hydrogens (tertiary/aromatic N) is 2. The molecule has 0 saturated carbocycles. The molecular formula is C9H7ClN4O. The largest absolute Gasteiger partial charge is 0.357 e. The minimum absolute atomic E-state index is 0.267. The van der Waals surface area contributed by atoms with Gasteiger partial charge in [-0.05, 0) is 24.3 Å². The maximum Gasteiger partial charge on any atom is 0.273 e. The topological polar surface area (TPSA) is 70.7 Å². The molecule has 0 aliphatic rings. The molecule has 0 fully saturated rings. The molecule has 0 atom stereocenters. The van der Waals surface area contributed by atoms with Crippen molar-refractivity contribution in [1.29, 1.82) is 0 Å². The highest BCUT2D eigenvalue weighted by molar-refractivity contribution is 6.29. The van der Waals surface area contributed by atoms with E-state index in [0.29, 0.717) is 11.5 Å². The van der Waals surface area contributed by atoms with Crippen LogP contribution in [0, 0.1) is 0 Å². The highest BCUT2D eigenvalue weighted by atomic mass is 35.5. The Morgan fingerprint density at radius 3 is 2.80 bits per heavy atom. The van der Waals surface area contributed by atoms with Gasteiger partial charge >= 0.3 is 0 Å². The van der Waals surface area contributed by atoms with E-state index < -0.39 is 0 Å². The Morgan fingerprint density at radius 2 is 2.20 bits per heavy atom. The zero-order chi connectivity index (χ0) is 10.7. The number of carbonyl (C=O) groups excluding carboxylic acids is 1.